The maximum absolute atomic E-state index is 12.6. The summed E-state index contributed by atoms with van der Waals surface area (Å²) >= 11 is 1.46. The highest BCUT2D eigenvalue weighted by Gasteiger charge is 2.27. The number of nitrogens with one attached hydrogen (secondary N) is 2. The Balaban J connectivity index is 1.55. The molecule has 1 unspecified atom stereocenters. The van der Waals surface area contributed by atoms with Crippen LogP contribution in [0.4, 0.5) is 10.8 Å². The Hall–Kier alpha value is -2.45. The minimum Gasteiger partial charge on any atom is -0.506 e. The van der Waals surface area contributed by atoms with Gasteiger partial charge < -0.3 is 15.7 Å². The summed E-state index contributed by atoms with van der Waals surface area (Å²) in [6.45, 7) is 7.33. The Morgan fingerprint density at radius 3 is 2.79 bits per heavy atom. The van der Waals surface area contributed by atoms with Gasteiger partial charge in [0.25, 0.3) is 0 Å². The number of piperidine rings is 1. The third kappa shape index (κ3) is 5.08. The Morgan fingerprint density at radius 1 is 1.29 bits per heavy atom. The predicted molar refractivity (Wildman–Crippen MR) is 111 cm³/mol. The van der Waals surface area contributed by atoms with Crippen molar-refractivity contribution in [2.24, 2.45) is 5.92 Å². The van der Waals surface area contributed by atoms with E-state index in [0.717, 1.165) is 35.5 Å². The van der Waals surface area contributed by atoms with E-state index in [4.69, 9.17) is 0 Å². The normalized spacial score (nSPS) is 17.3. The summed E-state index contributed by atoms with van der Waals surface area (Å²) in [6.07, 6.45) is 1.61. The van der Waals surface area contributed by atoms with Crippen LogP contribution in [0.15, 0.2) is 18.2 Å². The van der Waals surface area contributed by atoms with Gasteiger partial charge in [-0.05, 0) is 57.9 Å². The molecule has 1 fully saturated rings. The molecule has 1 aliphatic heterocycles. The van der Waals surface area contributed by atoms with Crippen LogP contribution >= 0.6 is 11.3 Å². The van der Waals surface area contributed by atoms with Gasteiger partial charge in [-0.3, -0.25) is 14.5 Å². The molecule has 0 bridgehead atoms. The maximum Gasteiger partial charge on any atom is 0.240 e. The summed E-state index contributed by atoms with van der Waals surface area (Å²) in [4.78, 5) is 32.4. The average molecular weight is 403 g/mol. The quantitative estimate of drug-likeness (QED) is 0.668. The smallest absolute Gasteiger partial charge is 0.240 e. The molecule has 150 valence electrons. The van der Waals surface area contributed by atoms with Crippen LogP contribution in [0.25, 0.3) is 0 Å². The molecule has 0 saturated carbocycles. The molecule has 2 aromatic rings. The molecule has 0 spiro atoms. The van der Waals surface area contributed by atoms with Crippen molar-refractivity contribution in [2.45, 2.75) is 33.6 Å². The lowest BCUT2D eigenvalue weighted by atomic mass is 9.97. The molecule has 7 nitrogen and oxygen atoms in total. The molecule has 2 heterocycles. The third-order valence-corrected chi connectivity index (χ3v) is 5.92. The first-order chi connectivity index (χ1) is 13.3. The molecule has 1 atom stereocenters. The molecule has 2 amide bonds. The first-order valence-corrected chi connectivity index (χ1v) is 10.2. The molecule has 3 rings (SSSR count). The van der Waals surface area contributed by atoms with Crippen LogP contribution in [0.1, 0.15) is 29.0 Å². The molecule has 8 heteroatoms. The van der Waals surface area contributed by atoms with Gasteiger partial charge in [-0.15, -0.1) is 11.3 Å². The first kappa shape index (κ1) is 20.3. The van der Waals surface area contributed by atoms with Gasteiger partial charge in [-0.2, -0.15) is 0 Å². The van der Waals surface area contributed by atoms with E-state index < -0.39 is 0 Å². The van der Waals surface area contributed by atoms with Gasteiger partial charge in [0.2, 0.25) is 11.8 Å². The number of hydrogen-bond acceptors (Lipinski definition) is 6. The van der Waals surface area contributed by atoms with E-state index in [1.54, 1.807) is 18.2 Å². The second kappa shape index (κ2) is 8.70. The molecule has 3 N–H and O–H groups in total. The molecule has 1 aromatic carbocycles. The summed E-state index contributed by atoms with van der Waals surface area (Å²) in [7, 11) is 0. The summed E-state index contributed by atoms with van der Waals surface area (Å²) < 4.78 is 0. The number of benzene rings is 1. The number of hydrogen-bond donors (Lipinski definition) is 3. The lowest BCUT2D eigenvalue weighted by Crippen LogP contribution is -2.44. The topological polar surface area (TPSA) is 94.6 Å². The number of thiazole rings is 1. The van der Waals surface area contributed by atoms with Crippen molar-refractivity contribution in [3.8, 4) is 5.75 Å². The zero-order valence-corrected chi connectivity index (χ0v) is 17.2. The van der Waals surface area contributed by atoms with Crippen LogP contribution < -0.4 is 10.6 Å². The fraction of sp³-hybridized carbons (Fsp3) is 0.450. The van der Waals surface area contributed by atoms with E-state index in [1.165, 1.54) is 11.3 Å². The van der Waals surface area contributed by atoms with Gasteiger partial charge in [0.15, 0.2) is 5.13 Å². The van der Waals surface area contributed by atoms with E-state index in [1.807, 2.05) is 25.7 Å². The number of aromatic nitrogens is 1. The number of likely N-dealkylation sites (tertiary alicyclic amines) is 1. The molecule has 0 aliphatic carbocycles. The van der Waals surface area contributed by atoms with Crippen LogP contribution in [-0.4, -0.2) is 46.4 Å². The molecular weight excluding hydrogens is 376 g/mol. The van der Waals surface area contributed by atoms with Crippen molar-refractivity contribution in [3.05, 3.63) is 34.3 Å². The first-order valence-electron chi connectivity index (χ1n) is 9.38. The van der Waals surface area contributed by atoms with E-state index in [-0.39, 0.29) is 30.0 Å². The Bertz CT molecular complexity index is 861. The van der Waals surface area contributed by atoms with E-state index in [2.05, 4.69) is 15.6 Å². The molecule has 0 radical (unpaired) electrons. The van der Waals surface area contributed by atoms with Gasteiger partial charge in [-0.1, -0.05) is 6.07 Å². The van der Waals surface area contributed by atoms with Crippen LogP contribution in [0.2, 0.25) is 0 Å². The maximum atomic E-state index is 12.6. The van der Waals surface area contributed by atoms with Gasteiger partial charge in [0.05, 0.1) is 23.8 Å². The van der Waals surface area contributed by atoms with Crippen molar-refractivity contribution >= 4 is 34.0 Å². The molecule has 28 heavy (non-hydrogen) atoms. The lowest BCUT2D eigenvalue weighted by Gasteiger charge is -2.31. The highest BCUT2D eigenvalue weighted by molar-refractivity contribution is 7.15. The molecule has 1 aliphatic rings. The SMILES string of the molecule is Cc1ccc(O)c(NC(=O)C2CCCN(CC(=O)Nc3nc(C)c(C)s3)C2)c1. The number of rotatable bonds is 5. The second-order valence-corrected chi connectivity index (χ2v) is 8.50. The van der Waals surface area contributed by atoms with Crippen molar-refractivity contribution in [1.29, 1.82) is 0 Å². The number of phenols is 1. The largest absolute Gasteiger partial charge is 0.506 e. The van der Waals surface area contributed by atoms with Crippen LogP contribution in [0.5, 0.6) is 5.75 Å². The zero-order valence-electron chi connectivity index (χ0n) is 16.4. The number of carbonyl (C=O) groups is 2. The standard InChI is InChI=1S/C20H26N4O3S/c1-12-6-7-17(25)16(9-12)22-19(27)15-5-4-8-24(10-15)11-18(26)23-20-21-13(2)14(3)28-20/h6-7,9,15,25H,4-5,8,10-11H2,1-3H3,(H,22,27)(H,21,23,26). The number of carbonyl (C=O) groups excluding carboxylic acids is 2. The number of anilines is 2. The molecule has 1 aromatic heterocycles. The summed E-state index contributed by atoms with van der Waals surface area (Å²) in [5.41, 5.74) is 2.31. The molecular formula is C20H26N4O3S. The minimum atomic E-state index is -0.217. The second-order valence-electron chi connectivity index (χ2n) is 7.29. The van der Waals surface area contributed by atoms with Gasteiger partial charge >= 0.3 is 0 Å². The van der Waals surface area contributed by atoms with Crippen molar-refractivity contribution in [2.75, 3.05) is 30.3 Å². The van der Waals surface area contributed by atoms with Gasteiger partial charge in [-0.25, -0.2) is 4.98 Å². The number of nitrogens with zero attached hydrogens (tertiary/aromatic N) is 2. The van der Waals surface area contributed by atoms with Crippen LogP contribution in [0, 0.1) is 26.7 Å². The van der Waals surface area contributed by atoms with E-state index in [0.29, 0.717) is 17.4 Å². The fourth-order valence-corrected chi connectivity index (χ4v) is 4.12. The highest BCUT2D eigenvalue weighted by Crippen LogP contribution is 2.26. The monoisotopic (exact) mass is 402 g/mol. The summed E-state index contributed by atoms with van der Waals surface area (Å²) in [5.74, 6) is -0.408. The van der Waals surface area contributed by atoms with Crippen LogP contribution in [0.3, 0.4) is 0 Å². The average Bonchev–Trinajstić information content (AvgIpc) is 2.95. The summed E-state index contributed by atoms with van der Waals surface area (Å²) in [6, 6.07) is 5.11. The predicted octanol–water partition coefficient (Wildman–Crippen LogP) is 3.06. The van der Waals surface area contributed by atoms with Crippen molar-refractivity contribution in [3.63, 3.8) is 0 Å². The molecule has 1 saturated heterocycles. The van der Waals surface area contributed by atoms with Gasteiger partial charge in [0.1, 0.15) is 5.75 Å². The Morgan fingerprint density at radius 2 is 2.07 bits per heavy atom. The van der Waals surface area contributed by atoms with E-state index >= 15 is 0 Å². The Labute approximate surface area is 168 Å². The number of aromatic hydroxyl groups is 1. The van der Waals surface area contributed by atoms with Crippen LogP contribution in [-0.2, 0) is 9.59 Å². The van der Waals surface area contributed by atoms with Crippen molar-refractivity contribution in [1.82, 2.24) is 9.88 Å². The Kier molecular flexibility index (Phi) is 6.31. The number of phenolic OH excluding ortho intramolecular Hbond substituents is 1. The lowest BCUT2D eigenvalue weighted by molar-refractivity contribution is -0.123. The number of aryl methyl sites for hydroxylation is 3. The van der Waals surface area contributed by atoms with Crippen molar-refractivity contribution < 1.29 is 14.7 Å². The zero-order chi connectivity index (χ0) is 20.3. The highest BCUT2D eigenvalue weighted by atomic mass is 32.1. The van der Waals surface area contributed by atoms with E-state index in [9.17, 15) is 14.7 Å². The van der Waals surface area contributed by atoms with Gasteiger partial charge in [0, 0.05) is 11.4 Å². The minimum absolute atomic E-state index is 0.0556. The third-order valence-electron chi connectivity index (χ3n) is 4.93. The summed E-state index contributed by atoms with van der Waals surface area (Å²) in [5, 5.41) is 16.2. The fourth-order valence-electron chi connectivity index (χ4n) is 3.29. The number of amides is 2.